The highest BCUT2D eigenvalue weighted by atomic mass is 16.5. The van der Waals surface area contributed by atoms with Gasteiger partial charge in [0.25, 0.3) is 5.91 Å². The molecule has 0 aliphatic heterocycles. The Kier molecular flexibility index (Phi) is 5.90. The van der Waals surface area contributed by atoms with Crippen molar-refractivity contribution in [3.63, 3.8) is 0 Å². The summed E-state index contributed by atoms with van der Waals surface area (Å²) in [7, 11) is 1.62. The second-order valence-corrected chi connectivity index (χ2v) is 5.54. The molecule has 1 N–H and O–H groups in total. The molecule has 0 heterocycles. The van der Waals surface area contributed by atoms with Crippen LogP contribution >= 0.6 is 0 Å². The van der Waals surface area contributed by atoms with Crippen molar-refractivity contribution < 1.29 is 14.3 Å². The zero-order chi connectivity index (χ0) is 15.1. The number of hydrogen-bond donors (Lipinski definition) is 1. The van der Waals surface area contributed by atoms with Crippen molar-refractivity contribution in [1.29, 1.82) is 0 Å². The predicted molar refractivity (Wildman–Crippen MR) is 82.7 cm³/mol. The van der Waals surface area contributed by atoms with Crippen molar-refractivity contribution in [2.45, 2.75) is 57.6 Å². The molecule has 0 bridgehead atoms. The van der Waals surface area contributed by atoms with Gasteiger partial charge in [0.2, 0.25) is 0 Å². The number of nitrogens with one attached hydrogen (secondary N) is 1. The first kappa shape index (κ1) is 15.7. The van der Waals surface area contributed by atoms with E-state index in [1.165, 1.54) is 19.3 Å². The van der Waals surface area contributed by atoms with Gasteiger partial charge in [0, 0.05) is 12.1 Å². The highest BCUT2D eigenvalue weighted by Crippen LogP contribution is 2.21. The molecule has 116 valence electrons. The van der Waals surface area contributed by atoms with Gasteiger partial charge < -0.3 is 14.8 Å². The van der Waals surface area contributed by atoms with E-state index in [2.05, 4.69) is 5.32 Å². The van der Waals surface area contributed by atoms with E-state index in [0.29, 0.717) is 18.2 Å². The van der Waals surface area contributed by atoms with Gasteiger partial charge in [-0.3, -0.25) is 4.79 Å². The van der Waals surface area contributed by atoms with E-state index in [0.717, 1.165) is 18.6 Å². The normalized spacial score (nSPS) is 17.0. The summed E-state index contributed by atoms with van der Waals surface area (Å²) < 4.78 is 11.0. The smallest absolute Gasteiger partial charge is 0.261 e. The molecule has 4 heteroatoms. The second kappa shape index (κ2) is 7.91. The van der Waals surface area contributed by atoms with Crippen LogP contribution in [0.15, 0.2) is 24.3 Å². The van der Waals surface area contributed by atoms with Crippen LogP contribution < -0.4 is 14.8 Å². The van der Waals surface area contributed by atoms with Crippen molar-refractivity contribution in [1.82, 2.24) is 5.32 Å². The molecule has 2 rings (SSSR count). The lowest BCUT2D eigenvalue weighted by atomic mass is 9.95. The molecule has 1 aliphatic carbocycles. The van der Waals surface area contributed by atoms with Gasteiger partial charge in [-0.15, -0.1) is 0 Å². The first-order chi connectivity index (χ1) is 10.2. The lowest BCUT2D eigenvalue weighted by Crippen LogP contribution is -2.44. The topological polar surface area (TPSA) is 47.6 Å². The van der Waals surface area contributed by atoms with Crippen LogP contribution in [0, 0.1) is 0 Å². The molecule has 0 radical (unpaired) electrons. The number of benzene rings is 1. The van der Waals surface area contributed by atoms with Crippen LogP contribution in [-0.2, 0) is 4.79 Å². The summed E-state index contributed by atoms with van der Waals surface area (Å²) in [5, 5.41) is 3.12. The van der Waals surface area contributed by atoms with E-state index in [4.69, 9.17) is 9.47 Å². The fourth-order valence-electron chi connectivity index (χ4n) is 2.70. The first-order valence-electron chi connectivity index (χ1n) is 7.84. The van der Waals surface area contributed by atoms with Gasteiger partial charge >= 0.3 is 0 Å². The SMILES string of the molecule is CC[C@H](Oc1cccc(OC)c1)C(=O)NC1CCCCC1. The third-order valence-corrected chi connectivity index (χ3v) is 3.93. The van der Waals surface area contributed by atoms with Crippen LogP contribution in [0.25, 0.3) is 0 Å². The Hall–Kier alpha value is -1.71. The molecule has 1 fully saturated rings. The number of ether oxygens (including phenoxy) is 2. The largest absolute Gasteiger partial charge is 0.497 e. The number of methoxy groups -OCH3 is 1. The van der Waals surface area contributed by atoms with Crippen LogP contribution in [-0.4, -0.2) is 25.2 Å². The van der Waals surface area contributed by atoms with Crippen molar-refractivity contribution in [2.75, 3.05) is 7.11 Å². The molecule has 0 spiro atoms. The fourth-order valence-corrected chi connectivity index (χ4v) is 2.70. The van der Waals surface area contributed by atoms with E-state index in [-0.39, 0.29) is 5.91 Å². The van der Waals surface area contributed by atoms with Crippen LogP contribution in [0.1, 0.15) is 45.4 Å². The molecule has 1 atom stereocenters. The van der Waals surface area contributed by atoms with Gasteiger partial charge in [-0.25, -0.2) is 0 Å². The first-order valence-corrected chi connectivity index (χ1v) is 7.84. The van der Waals surface area contributed by atoms with Gasteiger partial charge in [-0.2, -0.15) is 0 Å². The molecule has 1 amide bonds. The molecular weight excluding hydrogens is 266 g/mol. The lowest BCUT2D eigenvalue weighted by Gasteiger charge is -2.25. The summed E-state index contributed by atoms with van der Waals surface area (Å²) in [5.41, 5.74) is 0. The van der Waals surface area contributed by atoms with E-state index in [1.807, 2.05) is 25.1 Å². The van der Waals surface area contributed by atoms with Crippen molar-refractivity contribution in [2.24, 2.45) is 0 Å². The average Bonchev–Trinajstić information content (AvgIpc) is 2.53. The minimum Gasteiger partial charge on any atom is -0.497 e. The molecule has 4 nitrogen and oxygen atoms in total. The van der Waals surface area contributed by atoms with E-state index >= 15 is 0 Å². The molecular formula is C17H25NO3. The Labute approximate surface area is 126 Å². The maximum Gasteiger partial charge on any atom is 0.261 e. The highest BCUT2D eigenvalue weighted by Gasteiger charge is 2.22. The third-order valence-electron chi connectivity index (χ3n) is 3.93. The Morgan fingerprint density at radius 1 is 1.29 bits per heavy atom. The summed E-state index contributed by atoms with van der Waals surface area (Å²) in [6.07, 6.45) is 6.07. The van der Waals surface area contributed by atoms with Gasteiger partial charge in [-0.1, -0.05) is 32.3 Å². The highest BCUT2D eigenvalue weighted by molar-refractivity contribution is 5.81. The molecule has 21 heavy (non-hydrogen) atoms. The Morgan fingerprint density at radius 2 is 2.00 bits per heavy atom. The van der Waals surface area contributed by atoms with Crippen molar-refractivity contribution in [3.8, 4) is 11.5 Å². The van der Waals surface area contributed by atoms with Crippen LogP contribution in [0.4, 0.5) is 0 Å². The van der Waals surface area contributed by atoms with E-state index in [1.54, 1.807) is 13.2 Å². The zero-order valence-electron chi connectivity index (χ0n) is 12.9. The van der Waals surface area contributed by atoms with Gasteiger partial charge in [0.15, 0.2) is 6.10 Å². The average molecular weight is 291 g/mol. The lowest BCUT2D eigenvalue weighted by molar-refractivity contribution is -0.129. The van der Waals surface area contributed by atoms with Crippen LogP contribution in [0.2, 0.25) is 0 Å². The van der Waals surface area contributed by atoms with Crippen LogP contribution in [0.5, 0.6) is 11.5 Å². The van der Waals surface area contributed by atoms with Gasteiger partial charge in [-0.05, 0) is 31.4 Å². The molecule has 1 aliphatic rings. The fraction of sp³-hybridized carbons (Fsp3) is 0.588. The monoisotopic (exact) mass is 291 g/mol. The van der Waals surface area contributed by atoms with Gasteiger partial charge in [0.1, 0.15) is 11.5 Å². The quantitative estimate of drug-likeness (QED) is 0.874. The van der Waals surface area contributed by atoms with Crippen molar-refractivity contribution in [3.05, 3.63) is 24.3 Å². The maximum atomic E-state index is 12.3. The molecule has 0 unspecified atom stereocenters. The zero-order valence-corrected chi connectivity index (χ0v) is 12.9. The Morgan fingerprint density at radius 3 is 2.67 bits per heavy atom. The van der Waals surface area contributed by atoms with E-state index in [9.17, 15) is 4.79 Å². The number of hydrogen-bond acceptors (Lipinski definition) is 3. The second-order valence-electron chi connectivity index (χ2n) is 5.54. The van der Waals surface area contributed by atoms with Gasteiger partial charge in [0.05, 0.1) is 7.11 Å². The number of rotatable bonds is 6. The van der Waals surface area contributed by atoms with Crippen LogP contribution in [0.3, 0.4) is 0 Å². The number of amides is 1. The molecule has 0 aromatic heterocycles. The molecule has 1 aromatic carbocycles. The molecule has 0 saturated heterocycles. The summed E-state index contributed by atoms with van der Waals surface area (Å²) in [6, 6.07) is 7.68. The predicted octanol–water partition coefficient (Wildman–Crippen LogP) is 3.30. The summed E-state index contributed by atoms with van der Waals surface area (Å²) >= 11 is 0. The number of carbonyl (C=O) groups is 1. The summed E-state index contributed by atoms with van der Waals surface area (Å²) in [4.78, 5) is 12.3. The Balaban J connectivity index is 1.92. The third kappa shape index (κ3) is 4.66. The molecule has 1 saturated carbocycles. The maximum absolute atomic E-state index is 12.3. The molecule has 1 aromatic rings. The summed E-state index contributed by atoms with van der Waals surface area (Å²) in [5.74, 6) is 1.39. The standard InChI is InChI=1S/C17H25NO3/c1-3-16(17(19)18-13-8-5-4-6-9-13)21-15-11-7-10-14(12-15)20-2/h7,10-13,16H,3-6,8-9H2,1-2H3,(H,18,19)/t16-/m0/s1. The Bertz CT molecular complexity index is 455. The number of carbonyl (C=O) groups excluding carboxylic acids is 1. The minimum absolute atomic E-state index is 0.00720. The van der Waals surface area contributed by atoms with Crippen molar-refractivity contribution >= 4 is 5.91 Å². The summed E-state index contributed by atoms with van der Waals surface area (Å²) in [6.45, 7) is 1.96. The van der Waals surface area contributed by atoms with E-state index < -0.39 is 6.10 Å². The minimum atomic E-state index is -0.445.